The van der Waals surface area contributed by atoms with Gasteiger partial charge in [-0.25, -0.2) is 0 Å². The van der Waals surface area contributed by atoms with Gasteiger partial charge in [0.05, 0.1) is 11.4 Å². The molecule has 1 heterocycles. The summed E-state index contributed by atoms with van der Waals surface area (Å²) in [5, 5.41) is 4.36. The molecule has 1 aromatic carbocycles. The van der Waals surface area contributed by atoms with Crippen LogP contribution in [0.1, 0.15) is 28.7 Å². The molecule has 0 atom stereocenters. The maximum absolute atomic E-state index is 10.7. The fraction of sp³-hybridized carbons (Fsp3) is 0.286. The van der Waals surface area contributed by atoms with Gasteiger partial charge in [-0.15, -0.1) is 0 Å². The Hall–Kier alpha value is -2.10. The fourth-order valence-electron chi connectivity index (χ4n) is 1.71. The van der Waals surface area contributed by atoms with Crippen molar-refractivity contribution in [2.45, 2.75) is 20.0 Å². The van der Waals surface area contributed by atoms with Crippen LogP contribution in [0.3, 0.4) is 0 Å². The lowest BCUT2D eigenvalue weighted by Gasteiger charge is -2.06. The monoisotopic (exact) mass is 244 g/mol. The second-order valence-electron chi connectivity index (χ2n) is 4.08. The minimum Gasteiger partial charge on any atom is -0.487 e. The summed E-state index contributed by atoms with van der Waals surface area (Å²) in [6.07, 6.45) is 1.72. The molecular weight excluding hydrogens is 228 g/mol. The average Bonchev–Trinajstić information content (AvgIpc) is 2.77. The minimum absolute atomic E-state index is 0.450. The molecular formula is C14H16N2O2. The van der Waals surface area contributed by atoms with Crippen molar-refractivity contribution in [1.82, 2.24) is 9.78 Å². The first-order valence-corrected chi connectivity index (χ1v) is 5.92. The molecule has 0 unspecified atom stereocenters. The van der Waals surface area contributed by atoms with Gasteiger partial charge in [-0.3, -0.25) is 9.48 Å². The molecule has 0 fully saturated rings. The number of hydrogen-bond acceptors (Lipinski definition) is 3. The normalized spacial score (nSPS) is 10.3. The highest BCUT2D eigenvalue weighted by Crippen LogP contribution is 2.14. The number of carbonyl (C=O) groups is 1. The maximum Gasteiger partial charge on any atom is 0.150 e. The van der Waals surface area contributed by atoms with Gasteiger partial charge in [0.1, 0.15) is 18.6 Å². The Morgan fingerprint density at radius 1 is 1.39 bits per heavy atom. The van der Waals surface area contributed by atoms with Crippen molar-refractivity contribution in [3.8, 4) is 5.75 Å². The first-order chi connectivity index (χ1) is 8.72. The Labute approximate surface area is 106 Å². The van der Waals surface area contributed by atoms with E-state index in [2.05, 4.69) is 12.0 Å². The molecule has 0 radical (unpaired) electrons. The number of nitrogens with zero attached hydrogens (tertiary/aromatic N) is 2. The molecule has 4 nitrogen and oxygen atoms in total. The summed E-state index contributed by atoms with van der Waals surface area (Å²) < 4.78 is 7.48. The number of aldehydes is 1. The lowest BCUT2D eigenvalue weighted by molar-refractivity contribution is 0.112. The van der Waals surface area contributed by atoms with E-state index in [1.54, 1.807) is 18.2 Å². The van der Waals surface area contributed by atoms with Crippen LogP contribution in [0.25, 0.3) is 0 Å². The van der Waals surface area contributed by atoms with Crippen molar-refractivity contribution in [1.29, 1.82) is 0 Å². The van der Waals surface area contributed by atoms with Crippen molar-refractivity contribution < 1.29 is 9.53 Å². The van der Waals surface area contributed by atoms with Crippen molar-refractivity contribution in [2.24, 2.45) is 7.05 Å². The van der Waals surface area contributed by atoms with E-state index in [1.807, 2.05) is 23.9 Å². The number of aryl methyl sites for hydroxylation is 2. The topological polar surface area (TPSA) is 44.1 Å². The van der Waals surface area contributed by atoms with Crippen LogP contribution >= 0.6 is 0 Å². The first kappa shape index (κ1) is 12.4. The zero-order valence-electron chi connectivity index (χ0n) is 10.6. The molecule has 0 N–H and O–H groups in total. The van der Waals surface area contributed by atoms with Crippen molar-refractivity contribution in [2.75, 3.05) is 0 Å². The standard InChI is InChI=1S/C14H16N2O2/c1-3-12-8-13(16(2)15-12)10-18-14-6-4-5-11(7-14)9-17/h4-9H,3,10H2,1-2H3. The van der Waals surface area contributed by atoms with Gasteiger partial charge in [-0.1, -0.05) is 19.1 Å². The smallest absolute Gasteiger partial charge is 0.150 e. The van der Waals surface area contributed by atoms with Crippen molar-refractivity contribution in [3.63, 3.8) is 0 Å². The van der Waals surface area contributed by atoms with E-state index in [9.17, 15) is 4.79 Å². The first-order valence-electron chi connectivity index (χ1n) is 5.92. The van der Waals surface area contributed by atoms with E-state index in [0.29, 0.717) is 17.9 Å². The van der Waals surface area contributed by atoms with Crippen molar-refractivity contribution in [3.05, 3.63) is 47.3 Å². The summed E-state index contributed by atoms with van der Waals surface area (Å²) in [5.74, 6) is 0.693. The van der Waals surface area contributed by atoms with Crippen LogP contribution in [0.5, 0.6) is 5.75 Å². The highest BCUT2D eigenvalue weighted by Gasteiger charge is 2.04. The Bertz CT molecular complexity index is 546. The summed E-state index contributed by atoms with van der Waals surface area (Å²) >= 11 is 0. The molecule has 2 rings (SSSR count). The molecule has 0 spiro atoms. The third kappa shape index (κ3) is 2.77. The number of benzene rings is 1. The molecule has 0 amide bonds. The molecule has 0 aliphatic carbocycles. The predicted molar refractivity (Wildman–Crippen MR) is 68.7 cm³/mol. The third-order valence-electron chi connectivity index (χ3n) is 2.77. The van der Waals surface area contributed by atoms with Gasteiger partial charge in [-0.05, 0) is 24.6 Å². The Balaban J connectivity index is 2.06. The highest BCUT2D eigenvalue weighted by molar-refractivity contribution is 5.75. The lowest BCUT2D eigenvalue weighted by atomic mass is 10.2. The van der Waals surface area contributed by atoms with E-state index in [4.69, 9.17) is 4.74 Å². The molecule has 2 aromatic rings. The summed E-state index contributed by atoms with van der Waals surface area (Å²) in [6, 6.07) is 9.15. The van der Waals surface area contributed by atoms with E-state index in [-0.39, 0.29) is 0 Å². The van der Waals surface area contributed by atoms with Crippen molar-refractivity contribution >= 4 is 6.29 Å². The fourth-order valence-corrected chi connectivity index (χ4v) is 1.71. The van der Waals surface area contributed by atoms with Gasteiger partial charge in [0.15, 0.2) is 0 Å². The number of ether oxygens (including phenoxy) is 1. The molecule has 0 aliphatic rings. The summed E-state index contributed by atoms with van der Waals surface area (Å²) in [4.78, 5) is 10.7. The molecule has 0 bridgehead atoms. The summed E-state index contributed by atoms with van der Waals surface area (Å²) in [6.45, 7) is 2.52. The molecule has 0 aliphatic heterocycles. The van der Waals surface area contributed by atoms with E-state index in [1.165, 1.54) is 0 Å². The molecule has 4 heteroatoms. The summed E-state index contributed by atoms with van der Waals surface area (Å²) in [7, 11) is 1.90. The SMILES string of the molecule is CCc1cc(COc2cccc(C=O)c2)n(C)n1. The van der Waals surface area contributed by atoms with Gasteiger partial charge in [0, 0.05) is 12.6 Å². The van der Waals surface area contributed by atoms with Crippen LogP contribution in [0.4, 0.5) is 0 Å². The van der Waals surface area contributed by atoms with Crippen LogP contribution < -0.4 is 4.74 Å². The number of carbonyl (C=O) groups excluding carboxylic acids is 1. The molecule has 0 saturated heterocycles. The molecule has 0 saturated carbocycles. The van der Waals surface area contributed by atoms with Gasteiger partial charge >= 0.3 is 0 Å². The third-order valence-corrected chi connectivity index (χ3v) is 2.77. The van der Waals surface area contributed by atoms with E-state index < -0.39 is 0 Å². The van der Waals surface area contributed by atoms with E-state index in [0.717, 1.165) is 24.1 Å². The van der Waals surface area contributed by atoms with Gasteiger partial charge in [0.2, 0.25) is 0 Å². The average molecular weight is 244 g/mol. The largest absolute Gasteiger partial charge is 0.487 e. The Kier molecular flexibility index (Phi) is 3.77. The van der Waals surface area contributed by atoms with Crippen LogP contribution in [0, 0.1) is 0 Å². The second-order valence-corrected chi connectivity index (χ2v) is 4.08. The highest BCUT2D eigenvalue weighted by atomic mass is 16.5. The predicted octanol–water partition coefficient (Wildman–Crippen LogP) is 2.37. The lowest BCUT2D eigenvalue weighted by Crippen LogP contribution is -2.03. The number of hydrogen-bond donors (Lipinski definition) is 0. The minimum atomic E-state index is 0.450. The Morgan fingerprint density at radius 2 is 2.22 bits per heavy atom. The van der Waals surface area contributed by atoms with Crippen LogP contribution in [0.2, 0.25) is 0 Å². The quantitative estimate of drug-likeness (QED) is 0.758. The molecule has 1 aromatic heterocycles. The zero-order valence-corrected chi connectivity index (χ0v) is 10.6. The van der Waals surface area contributed by atoms with Gasteiger partial charge in [-0.2, -0.15) is 5.10 Å². The van der Waals surface area contributed by atoms with Crippen LogP contribution in [-0.4, -0.2) is 16.1 Å². The molecule has 94 valence electrons. The number of rotatable bonds is 5. The maximum atomic E-state index is 10.7. The molecule has 18 heavy (non-hydrogen) atoms. The van der Waals surface area contributed by atoms with E-state index >= 15 is 0 Å². The number of aromatic nitrogens is 2. The van der Waals surface area contributed by atoms with Crippen LogP contribution in [-0.2, 0) is 20.1 Å². The van der Waals surface area contributed by atoms with Gasteiger partial charge < -0.3 is 4.74 Å². The zero-order chi connectivity index (χ0) is 13.0. The second kappa shape index (κ2) is 5.49. The van der Waals surface area contributed by atoms with Crippen LogP contribution in [0.15, 0.2) is 30.3 Å². The Morgan fingerprint density at radius 3 is 2.89 bits per heavy atom. The summed E-state index contributed by atoms with van der Waals surface area (Å²) in [5.41, 5.74) is 2.69. The van der Waals surface area contributed by atoms with Gasteiger partial charge in [0.25, 0.3) is 0 Å².